The van der Waals surface area contributed by atoms with E-state index in [9.17, 15) is 29.8 Å². The maximum absolute atomic E-state index is 11.4. The Bertz CT molecular complexity index is 1890. The highest BCUT2D eigenvalue weighted by atomic mass is 16.6. The van der Waals surface area contributed by atoms with Gasteiger partial charge in [-0.05, 0) is 36.8 Å². The van der Waals surface area contributed by atoms with Crippen LogP contribution in [0.5, 0.6) is 11.5 Å². The summed E-state index contributed by atoms with van der Waals surface area (Å²) in [5.74, 6) is 0.0542. The largest absolute Gasteiger partial charge is 0.506 e. The topological polar surface area (TPSA) is 258 Å². The van der Waals surface area contributed by atoms with Crippen LogP contribution in [0, 0.1) is 20.2 Å². The fraction of sp³-hybridized carbons (Fsp3) is 0.179. The van der Waals surface area contributed by atoms with Crippen LogP contribution in [0.3, 0.4) is 0 Å². The number of nitrogens with one attached hydrogen (secondary N) is 3. The molecular weight excluding hydrogens is 608 g/mol. The van der Waals surface area contributed by atoms with Crippen molar-refractivity contribution in [3.8, 4) is 11.5 Å². The number of phenolic OH excluding ortho intramolecular Hbond substituents is 1. The minimum Gasteiger partial charge on any atom is -0.506 e. The van der Waals surface area contributed by atoms with Gasteiger partial charge in [0, 0.05) is 42.7 Å². The fourth-order valence-corrected chi connectivity index (χ4v) is 4.14. The van der Waals surface area contributed by atoms with E-state index >= 15 is 0 Å². The van der Waals surface area contributed by atoms with Crippen molar-refractivity contribution in [1.82, 2.24) is 15.0 Å². The van der Waals surface area contributed by atoms with Crippen LogP contribution in [-0.2, 0) is 11.3 Å². The Morgan fingerprint density at radius 1 is 1.13 bits per heavy atom. The van der Waals surface area contributed by atoms with Crippen LogP contribution in [0.1, 0.15) is 12.1 Å². The minimum atomic E-state index is -0.615. The maximum Gasteiger partial charge on any atom is 0.417 e. The van der Waals surface area contributed by atoms with Gasteiger partial charge in [0.15, 0.2) is 5.58 Å². The highest BCUT2D eigenvalue weighted by molar-refractivity contribution is 5.86. The first-order valence-electron chi connectivity index (χ1n) is 13.4. The first-order valence-corrected chi connectivity index (χ1v) is 13.4. The number of aromatic hydroxyl groups is 1. The van der Waals surface area contributed by atoms with Gasteiger partial charge in [0.05, 0.1) is 59.0 Å². The lowest BCUT2D eigenvalue weighted by molar-refractivity contribution is -0.384. The predicted molar refractivity (Wildman–Crippen MR) is 165 cm³/mol. The van der Waals surface area contributed by atoms with Gasteiger partial charge < -0.3 is 34.6 Å². The van der Waals surface area contributed by atoms with E-state index in [1.807, 2.05) is 18.3 Å². The number of anilines is 3. The molecule has 0 spiro atoms. The summed E-state index contributed by atoms with van der Waals surface area (Å²) in [6.45, 7) is 2.25. The Labute approximate surface area is 258 Å². The van der Waals surface area contributed by atoms with Gasteiger partial charge in [0.25, 0.3) is 11.4 Å². The van der Waals surface area contributed by atoms with E-state index in [-0.39, 0.29) is 22.8 Å². The summed E-state index contributed by atoms with van der Waals surface area (Å²) in [7, 11) is 1.34. The number of hydrogen-bond donors (Lipinski definition) is 5. The number of hydrogen-bond acceptors (Lipinski definition) is 13. The van der Waals surface area contributed by atoms with Crippen molar-refractivity contribution in [2.75, 3.05) is 36.2 Å². The fourth-order valence-electron chi connectivity index (χ4n) is 4.14. The Hall–Kier alpha value is -6.59. The number of rotatable bonds is 5. The van der Waals surface area contributed by atoms with Crippen molar-refractivity contribution >= 4 is 45.6 Å². The summed E-state index contributed by atoms with van der Waals surface area (Å²) in [6.07, 6.45) is 3.92. The molecule has 5 aromatic rings. The molecule has 1 aliphatic rings. The number of H-pyrrole nitrogens is 2. The van der Waals surface area contributed by atoms with E-state index in [1.165, 1.54) is 37.4 Å². The van der Waals surface area contributed by atoms with E-state index < -0.39 is 21.7 Å². The van der Waals surface area contributed by atoms with Crippen LogP contribution in [-0.4, -0.2) is 56.3 Å². The second kappa shape index (κ2) is 14.7. The van der Waals surface area contributed by atoms with E-state index in [0.29, 0.717) is 29.9 Å². The van der Waals surface area contributed by atoms with Crippen molar-refractivity contribution in [2.45, 2.75) is 13.0 Å². The van der Waals surface area contributed by atoms with E-state index in [0.717, 1.165) is 36.2 Å². The molecule has 0 fully saturated rings. The summed E-state index contributed by atoms with van der Waals surface area (Å²) in [4.78, 5) is 53.1. The molecule has 0 bridgehead atoms. The second-order valence-electron chi connectivity index (χ2n) is 9.45. The molecule has 0 saturated carbocycles. The molecule has 2 aromatic heterocycles. The average molecular weight is 637 g/mol. The number of phenols is 1. The summed E-state index contributed by atoms with van der Waals surface area (Å²) < 4.78 is 15.1. The number of nitrogens with two attached hydrogens (primary N) is 1. The molecule has 46 heavy (non-hydrogen) atoms. The highest BCUT2D eigenvalue weighted by Crippen LogP contribution is 2.34. The Morgan fingerprint density at radius 3 is 2.54 bits per heavy atom. The number of nitro groups is 2. The van der Waals surface area contributed by atoms with Gasteiger partial charge in [-0.25, -0.2) is 14.6 Å². The van der Waals surface area contributed by atoms with Crippen molar-refractivity contribution < 1.29 is 33.6 Å². The zero-order chi connectivity index (χ0) is 33.2. The van der Waals surface area contributed by atoms with Crippen LogP contribution in [0.2, 0.25) is 0 Å². The number of imidazole rings is 1. The number of oxazole rings is 1. The van der Waals surface area contributed by atoms with Gasteiger partial charge in [-0.2, -0.15) is 0 Å². The molecule has 240 valence electrons. The monoisotopic (exact) mass is 636 g/mol. The summed E-state index contributed by atoms with van der Waals surface area (Å²) in [5.41, 5.74) is 8.31. The number of amides is 1. The molecule has 1 amide bonds. The molecule has 3 heterocycles. The van der Waals surface area contributed by atoms with Gasteiger partial charge in [-0.1, -0.05) is 0 Å². The summed E-state index contributed by atoms with van der Waals surface area (Å²) in [5, 5.41) is 32.0. The first-order chi connectivity index (χ1) is 22.0. The van der Waals surface area contributed by atoms with Crippen LogP contribution in [0.25, 0.3) is 11.1 Å². The lowest BCUT2D eigenvalue weighted by Gasteiger charge is -2.23. The van der Waals surface area contributed by atoms with E-state index in [4.69, 9.17) is 15.6 Å². The molecule has 6 N–H and O–H groups in total. The molecule has 0 unspecified atom stereocenters. The van der Waals surface area contributed by atoms with Gasteiger partial charge in [0.1, 0.15) is 11.5 Å². The van der Waals surface area contributed by atoms with E-state index in [2.05, 4.69) is 34.3 Å². The number of aromatic nitrogens is 3. The third-order valence-electron chi connectivity index (χ3n) is 6.31. The molecule has 0 radical (unpaired) electrons. The maximum atomic E-state index is 11.4. The number of nitrogen functional groups attached to an aromatic ring is 1. The number of nitro benzene ring substituents is 2. The standard InChI is InChI=1S/C15H18N4O3.C7H4N2O4.C6H6N2O3/c1-21-15(20)18-11-3-4-14-13(7-11)19(5-2-6-22-14)9-12-8-16-10-17-12;10-7-8-5-3-4(9(11)12)1-2-6(5)13-7;7-5-3-4(8(10)11)1-2-6(5)9/h3-4,7-8,10H,2,5-6,9H2,1H3,(H,16,17)(H,18,20);1-3H,(H,8,10);1-3,9H,7H2. The number of benzene rings is 3. The quantitative estimate of drug-likeness (QED) is 0.0781. The number of methoxy groups -OCH3 is 1. The number of non-ortho nitro benzene ring substituents is 2. The Morgan fingerprint density at radius 2 is 1.87 bits per heavy atom. The number of carbonyl (C=O) groups is 1. The van der Waals surface area contributed by atoms with Crippen LogP contribution >= 0.6 is 0 Å². The lowest BCUT2D eigenvalue weighted by atomic mass is 10.2. The number of fused-ring (bicyclic) bond motifs is 2. The minimum absolute atomic E-state index is 0.0131. The molecule has 0 atom stereocenters. The van der Waals surface area contributed by atoms with Gasteiger partial charge >= 0.3 is 11.8 Å². The molecule has 1 aliphatic heterocycles. The second-order valence-corrected chi connectivity index (χ2v) is 9.45. The van der Waals surface area contributed by atoms with Crippen molar-refractivity contribution in [2.24, 2.45) is 0 Å². The Balaban J connectivity index is 0.000000170. The molecule has 0 aliphatic carbocycles. The Kier molecular flexibility index (Phi) is 10.4. The zero-order valence-electron chi connectivity index (χ0n) is 24.2. The zero-order valence-corrected chi connectivity index (χ0v) is 24.2. The molecular formula is C28H28N8O10. The number of carbonyl (C=O) groups excluding carboxylic acids is 1. The van der Waals surface area contributed by atoms with Gasteiger partial charge in [-0.3, -0.25) is 30.5 Å². The van der Waals surface area contributed by atoms with Gasteiger partial charge in [-0.15, -0.1) is 0 Å². The predicted octanol–water partition coefficient (Wildman–Crippen LogP) is 4.29. The van der Waals surface area contributed by atoms with E-state index in [1.54, 1.807) is 12.4 Å². The van der Waals surface area contributed by atoms with Crippen LogP contribution in [0.4, 0.5) is 33.2 Å². The summed E-state index contributed by atoms with van der Waals surface area (Å²) >= 11 is 0. The normalized spacial score (nSPS) is 11.8. The molecule has 18 heteroatoms. The average Bonchev–Trinajstić information content (AvgIpc) is 3.64. The molecule has 0 saturated heterocycles. The SMILES string of the molecule is COC(=O)Nc1ccc2c(c1)N(Cc1cnc[nH]1)CCCO2.Nc1cc([N+](=O)[O-])ccc1O.O=c1[nH]c2cc([N+](=O)[O-])ccc2o1. The number of ether oxygens (including phenoxy) is 2. The highest BCUT2D eigenvalue weighted by Gasteiger charge is 2.18. The molecule has 3 aromatic carbocycles. The van der Waals surface area contributed by atoms with Gasteiger partial charge in [0.2, 0.25) is 0 Å². The third-order valence-corrected chi connectivity index (χ3v) is 6.31. The third kappa shape index (κ3) is 8.49. The van der Waals surface area contributed by atoms with Crippen LogP contribution < -0.4 is 26.4 Å². The number of nitrogens with zero attached hydrogens (tertiary/aromatic N) is 4. The van der Waals surface area contributed by atoms with Crippen molar-refractivity contribution in [3.63, 3.8) is 0 Å². The van der Waals surface area contributed by atoms with Crippen molar-refractivity contribution in [1.29, 1.82) is 0 Å². The first kappa shape index (κ1) is 32.3. The summed E-state index contributed by atoms with van der Waals surface area (Å²) in [6, 6.07) is 13.0. The smallest absolute Gasteiger partial charge is 0.417 e. The van der Waals surface area contributed by atoms with Crippen LogP contribution in [0.15, 0.2) is 76.3 Å². The number of aromatic amines is 2. The molecule has 6 rings (SSSR count). The lowest BCUT2D eigenvalue weighted by Crippen LogP contribution is -2.23. The molecule has 18 nitrogen and oxygen atoms in total. The van der Waals surface area contributed by atoms with Crippen molar-refractivity contribution in [3.05, 3.63) is 104 Å².